The first-order chi connectivity index (χ1) is 13.1. The Morgan fingerprint density at radius 1 is 1.15 bits per heavy atom. The standard InChI is InChI=1S/C18H14N4O3S2/c23-15(20-17-19-12(10-27-17)14-6-3-9-26-14)7-8-22-13-5-2-1-4-11(13)16(24)21-18(22)25/h1-6,9-10H,7-8H2,(H,19,20,23)(H,21,24,25). The summed E-state index contributed by atoms with van der Waals surface area (Å²) in [6.45, 7) is 0.158. The van der Waals surface area contributed by atoms with Crippen LogP contribution in [0.4, 0.5) is 5.13 Å². The van der Waals surface area contributed by atoms with Gasteiger partial charge in [-0.25, -0.2) is 9.78 Å². The smallest absolute Gasteiger partial charge is 0.302 e. The Morgan fingerprint density at radius 3 is 2.81 bits per heavy atom. The molecule has 4 aromatic rings. The molecule has 1 amide bonds. The lowest BCUT2D eigenvalue weighted by Crippen LogP contribution is -2.31. The fourth-order valence-corrected chi connectivity index (χ4v) is 4.22. The highest BCUT2D eigenvalue weighted by atomic mass is 32.1. The van der Waals surface area contributed by atoms with E-state index in [-0.39, 0.29) is 18.9 Å². The summed E-state index contributed by atoms with van der Waals surface area (Å²) in [4.78, 5) is 44.0. The molecule has 27 heavy (non-hydrogen) atoms. The SMILES string of the molecule is O=C(CCn1c(=O)[nH]c(=O)c2ccccc21)Nc1nc(-c2cccs2)cs1. The lowest BCUT2D eigenvalue weighted by Gasteiger charge is -2.09. The molecule has 4 rings (SSSR count). The van der Waals surface area contributed by atoms with Gasteiger partial charge in [0.05, 0.1) is 21.5 Å². The van der Waals surface area contributed by atoms with Crippen molar-refractivity contribution in [2.45, 2.75) is 13.0 Å². The molecular formula is C18H14N4O3S2. The topological polar surface area (TPSA) is 96.9 Å². The van der Waals surface area contributed by atoms with Crippen molar-refractivity contribution in [2.75, 3.05) is 5.32 Å². The Morgan fingerprint density at radius 2 is 2.00 bits per heavy atom. The van der Waals surface area contributed by atoms with Crippen molar-refractivity contribution >= 4 is 44.6 Å². The van der Waals surface area contributed by atoms with E-state index in [0.29, 0.717) is 16.0 Å². The van der Waals surface area contributed by atoms with E-state index >= 15 is 0 Å². The van der Waals surface area contributed by atoms with Crippen molar-refractivity contribution in [1.82, 2.24) is 14.5 Å². The molecule has 3 aromatic heterocycles. The number of fused-ring (bicyclic) bond motifs is 1. The number of aryl methyl sites for hydroxylation is 1. The van der Waals surface area contributed by atoms with Crippen molar-refractivity contribution in [3.05, 3.63) is 68.0 Å². The third-order valence-electron chi connectivity index (χ3n) is 3.99. The molecule has 2 N–H and O–H groups in total. The van der Waals surface area contributed by atoms with Crippen molar-refractivity contribution in [3.63, 3.8) is 0 Å². The Balaban J connectivity index is 1.48. The number of carbonyl (C=O) groups excluding carboxylic acids is 1. The molecule has 9 heteroatoms. The van der Waals surface area contributed by atoms with Gasteiger partial charge in [0.15, 0.2) is 5.13 Å². The van der Waals surface area contributed by atoms with Gasteiger partial charge in [0, 0.05) is 18.3 Å². The monoisotopic (exact) mass is 398 g/mol. The number of hydrogen-bond acceptors (Lipinski definition) is 6. The third-order valence-corrected chi connectivity index (χ3v) is 5.64. The van der Waals surface area contributed by atoms with Crippen molar-refractivity contribution in [3.8, 4) is 10.6 Å². The number of hydrogen-bond donors (Lipinski definition) is 2. The second-order valence-electron chi connectivity index (χ2n) is 5.74. The zero-order valence-corrected chi connectivity index (χ0v) is 15.6. The molecule has 0 atom stereocenters. The number of aromatic nitrogens is 3. The van der Waals surface area contributed by atoms with Gasteiger partial charge in [0.2, 0.25) is 5.91 Å². The molecule has 0 aliphatic heterocycles. The fraction of sp³-hybridized carbons (Fsp3) is 0.111. The molecular weight excluding hydrogens is 384 g/mol. The molecule has 0 saturated carbocycles. The number of H-pyrrole nitrogens is 1. The van der Waals surface area contributed by atoms with Gasteiger partial charge in [0.1, 0.15) is 0 Å². The number of aromatic amines is 1. The minimum Gasteiger partial charge on any atom is -0.302 e. The van der Waals surface area contributed by atoms with Crippen molar-refractivity contribution in [1.29, 1.82) is 0 Å². The van der Waals surface area contributed by atoms with Crippen LogP contribution >= 0.6 is 22.7 Å². The van der Waals surface area contributed by atoms with Gasteiger partial charge in [-0.2, -0.15) is 0 Å². The zero-order valence-electron chi connectivity index (χ0n) is 14.0. The Bertz CT molecular complexity index is 1220. The first kappa shape index (κ1) is 17.4. The molecule has 0 radical (unpaired) electrons. The first-order valence-corrected chi connectivity index (χ1v) is 9.89. The minimum absolute atomic E-state index is 0.0872. The summed E-state index contributed by atoms with van der Waals surface area (Å²) >= 11 is 2.94. The van der Waals surface area contributed by atoms with E-state index in [9.17, 15) is 14.4 Å². The van der Waals surface area contributed by atoms with Gasteiger partial charge in [-0.1, -0.05) is 18.2 Å². The van der Waals surface area contributed by atoms with Crippen LogP contribution < -0.4 is 16.6 Å². The molecule has 0 saturated heterocycles. The summed E-state index contributed by atoms with van der Waals surface area (Å²) < 4.78 is 1.40. The van der Waals surface area contributed by atoms with E-state index in [1.807, 2.05) is 22.9 Å². The Hall–Kier alpha value is -3.04. The van der Waals surface area contributed by atoms with Crippen LogP contribution in [-0.2, 0) is 11.3 Å². The van der Waals surface area contributed by atoms with E-state index in [0.717, 1.165) is 10.6 Å². The Labute approximate surface area is 161 Å². The summed E-state index contributed by atoms with van der Waals surface area (Å²) in [5, 5.41) is 7.55. The van der Waals surface area contributed by atoms with Gasteiger partial charge >= 0.3 is 5.69 Å². The molecule has 0 unspecified atom stereocenters. The van der Waals surface area contributed by atoms with Crippen LogP contribution in [0.1, 0.15) is 6.42 Å². The molecule has 7 nitrogen and oxygen atoms in total. The predicted octanol–water partition coefficient (Wildman–Crippen LogP) is 2.90. The van der Waals surface area contributed by atoms with Crippen molar-refractivity contribution in [2.24, 2.45) is 0 Å². The lowest BCUT2D eigenvalue weighted by atomic mass is 10.2. The highest BCUT2D eigenvalue weighted by molar-refractivity contribution is 7.16. The third kappa shape index (κ3) is 3.60. The van der Waals surface area contributed by atoms with Crippen LogP contribution in [0, 0.1) is 0 Å². The largest absolute Gasteiger partial charge is 0.328 e. The van der Waals surface area contributed by atoms with Gasteiger partial charge in [-0.05, 0) is 23.6 Å². The average molecular weight is 398 g/mol. The number of nitrogens with one attached hydrogen (secondary N) is 2. The van der Waals surface area contributed by atoms with Gasteiger partial charge < -0.3 is 5.32 Å². The maximum absolute atomic E-state index is 12.3. The average Bonchev–Trinajstić information content (AvgIpc) is 3.33. The quantitative estimate of drug-likeness (QED) is 0.540. The maximum atomic E-state index is 12.3. The van der Waals surface area contributed by atoms with Crippen LogP contribution in [-0.4, -0.2) is 20.4 Å². The van der Waals surface area contributed by atoms with E-state index in [1.54, 1.807) is 35.6 Å². The molecule has 0 aliphatic rings. The lowest BCUT2D eigenvalue weighted by molar-refractivity contribution is -0.116. The summed E-state index contributed by atoms with van der Waals surface area (Å²) in [5.74, 6) is -0.246. The summed E-state index contributed by atoms with van der Waals surface area (Å²) in [6, 6.07) is 10.7. The normalized spacial score (nSPS) is 11.0. The molecule has 1 aromatic carbocycles. The Kier molecular flexibility index (Phi) is 4.69. The number of thiophene rings is 1. The number of anilines is 1. The number of para-hydroxylation sites is 1. The molecule has 0 spiro atoms. The second kappa shape index (κ2) is 7.29. The number of carbonyl (C=O) groups is 1. The summed E-state index contributed by atoms with van der Waals surface area (Å²) in [7, 11) is 0. The molecule has 0 aliphatic carbocycles. The molecule has 136 valence electrons. The summed E-state index contributed by atoms with van der Waals surface area (Å²) in [6.07, 6.45) is 0.0872. The first-order valence-electron chi connectivity index (χ1n) is 8.13. The fourth-order valence-electron chi connectivity index (χ4n) is 2.73. The number of benzene rings is 1. The maximum Gasteiger partial charge on any atom is 0.328 e. The predicted molar refractivity (Wildman–Crippen MR) is 108 cm³/mol. The number of thiazole rings is 1. The molecule has 0 fully saturated rings. The van der Waals surface area contributed by atoms with Crippen LogP contribution in [0.2, 0.25) is 0 Å². The minimum atomic E-state index is -0.527. The number of rotatable bonds is 5. The highest BCUT2D eigenvalue weighted by Crippen LogP contribution is 2.28. The molecule has 3 heterocycles. The van der Waals surface area contributed by atoms with Gasteiger partial charge in [-0.3, -0.25) is 19.1 Å². The highest BCUT2D eigenvalue weighted by Gasteiger charge is 2.11. The van der Waals surface area contributed by atoms with Gasteiger partial charge in [0.25, 0.3) is 5.56 Å². The van der Waals surface area contributed by atoms with E-state index in [2.05, 4.69) is 15.3 Å². The number of amides is 1. The zero-order chi connectivity index (χ0) is 18.8. The van der Waals surface area contributed by atoms with E-state index in [4.69, 9.17) is 0 Å². The number of nitrogens with zero attached hydrogens (tertiary/aromatic N) is 2. The van der Waals surface area contributed by atoms with Crippen LogP contribution in [0.5, 0.6) is 0 Å². The van der Waals surface area contributed by atoms with Crippen LogP contribution in [0.25, 0.3) is 21.5 Å². The van der Waals surface area contributed by atoms with Gasteiger partial charge in [-0.15, -0.1) is 22.7 Å². The van der Waals surface area contributed by atoms with Crippen LogP contribution in [0.15, 0.2) is 56.7 Å². The van der Waals surface area contributed by atoms with E-state index in [1.165, 1.54) is 15.9 Å². The molecule has 0 bridgehead atoms. The van der Waals surface area contributed by atoms with Crippen LogP contribution in [0.3, 0.4) is 0 Å². The summed E-state index contributed by atoms with van der Waals surface area (Å²) in [5.41, 5.74) is 0.377. The second-order valence-corrected chi connectivity index (χ2v) is 7.55. The van der Waals surface area contributed by atoms with E-state index < -0.39 is 11.2 Å². The van der Waals surface area contributed by atoms with Crippen molar-refractivity contribution < 1.29 is 4.79 Å².